The molecule has 0 saturated heterocycles. The van der Waals surface area contributed by atoms with Crippen molar-refractivity contribution in [3.63, 3.8) is 0 Å². The smallest absolute Gasteiger partial charge is 0.303 e. The molecule has 0 unspecified atom stereocenters. The van der Waals surface area contributed by atoms with Crippen LogP contribution in [0.25, 0.3) is 22.3 Å². The van der Waals surface area contributed by atoms with E-state index in [0.717, 1.165) is 12.8 Å². The molecule has 0 aliphatic rings. The normalized spacial score (nSPS) is 10.8. The molecule has 26 heavy (non-hydrogen) atoms. The van der Waals surface area contributed by atoms with Gasteiger partial charge in [0.25, 0.3) is 0 Å². The van der Waals surface area contributed by atoms with Gasteiger partial charge in [-0.25, -0.2) is 4.57 Å². The van der Waals surface area contributed by atoms with E-state index in [-0.39, 0.29) is 0 Å². The number of hydrogen-bond acceptors (Lipinski definition) is 1. The molecule has 3 aromatic rings. The standard InChI is InChI=1S/C21H20.H3O4P/c1-2-10-18-15-9-16-20(17-11-5-3-6-12-17)21(18)19-13-7-4-8-14-19;1-5(2,3)4/h3-9,11-16H,2,10H2,1H3;(H3,1,2,3,4). The third kappa shape index (κ3) is 6.25. The largest absolute Gasteiger partial charge is 0.466 e. The highest BCUT2D eigenvalue weighted by molar-refractivity contribution is 7.45. The molecule has 3 N–H and O–H groups in total. The Morgan fingerprint density at radius 1 is 0.731 bits per heavy atom. The first kappa shape index (κ1) is 20.1. The van der Waals surface area contributed by atoms with Gasteiger partial charge in [0, 0.05) is 0 Å². The molecule has 0 aliphatic carbocycles. The number of aryl methyl sites for hydroxylation is 1. The lowest BCUT2D eigenvalue weighted by Crippen LogP contribution is -1.93. The Hall–Kier alpha value is -2.23. The Bertz CT molecular complexity index is 849. The number of rotatable bonds is 4. The number of benzene rings is 3. The molecule has 136 valence electrons. The zero-order valence-corrected chi connectivity index (χ0v) is 15.5. The van der Waals surface area contributed by atoms with Gasteiger partial charge in [0.15, 0.2) is 0 Å². The lowest BCUT2D eigenvalue weighted by atomic mass is 9.89. The molecule has 5 heteroatoms. The second-order valence-electron chi connectivity index (χ2n) is 5.84. The second-order valence-corrected chi connectivity index (χ2v) is 6.86. The minimum Gasteiger partial charge on any atom is -0.303 e. The fourth-order valence-electron chi connectivity index (χ4n) is 2.88. The van der Waals surface area contributed by atoms with Crippen molar-refractivity contribution in [3.8, 4) is 22.3 Å². The van der Waals surface area contributed by atoms with Crippen molar-refractivity contribution >= 4 is 7.82 Å². The van der Waals surface area contributed by atoms with Crippen LogP contribution in [0.5, 0.6) is 0 Å². The maximum Gasteiger partial charge on any atom is 0.466 e. The Morgan fingerprint density at radius 2 is 1.23 bits per heavy atom. The third-order valence-electron chi connectivity index (χ3n) is 3.82. The fraction of sp³-hybridized carbons (Fsp3) is 0.143. The predicted octanol–water partition coefficient (Wildman–Crippen LogP) is 5.04. The summed E-state index contributed by atoms with van der Waals surface area (Å²) in [6, 6.07) is 28.1. The van der Waals surface area contributed by atoms with Crippen LogP contribution in [-0.4, -0.2) is 14.7 Å². The molecule has 0 aromatic heterocycles. The van der Waals surface area contributed by atoms with Gasteiger partial charge in [0.05, 0.1) is 0 Å². The maximum absolute atomic E-state index is 8.88. The van der Waals surface area contributed by atoms with E-state index in [9.17, 15) is 0 Å². The van der Waals surface area contributed by atoms with Gasteiger partial charge >= 0.3 is 7.82 Å². The molecule has 0 radical (unpaired) electrons. The van der Waals surface area contributed by atoms with Crippen molar-refractivity contribution in [2.45, 2.75) is 19.8 Å². The van der Waals surface area contributed by atoms with Crippen LogP contribution in [0.4, 0.5) is 0 Å². The fourth-order valence-corrected chi connectivity index (χ4v) is 2.88. The van der Waals surface area contributed by atoms with Crippen molar-refractivity contribution in [3.05, 3.63) is 84.4 Å². The Morgan fingerprint density at radius 3 is 1.73 bits per heavy atom. The lowest BCUT2D eigenvalue weighted by Gasteiger charge is -2.15. The summed E-state index contributed by atoms with van der Waals surface area (Å²) >= 11 is 0. The number of hydrogen-bond donors (Lipinski definition) is 3. The van der Waals surface area contributed by atoms with E-state index in [1.54, 1.807) is 0 Å². The van der Waals surface area contributed by atoms with Crippen LogP contribution in [0.3, 0.4) is 0 Å². The first-order chi connectivity index (χ1) is 12.4. The predicted molar refractivity (Wildman–Crippen MR) is 106 cm³/mol. The number of phosphoric acid groups is 1. The molecule has 0 bridgehead atoms. The van der Waals surface area contributed by atoms with Gasteiger partial charge in [0.1, 0.15) is 0 Å². The third-order valence-corrected chi connectivity index (χ3v) is 3.82. The molecule has 0 aliphatic heterocycles. The van der Waals surface area contributed by atoms with Crippen molar-refractivity contribution < 1.29 is 19.2 Å². The highest BCUT2D eigenvalue weighted by Crippen LogP contribution is 2.35. The van der Waals surface area contributed by atoms with Crippen LogP contribution in [0.15, 0.2) is 78.9 Å². The molecular formula is C21H23O4P. The minimum absolute atomic E-state index is 1.12. The summed E-state index contributed by atoms with van der Waals surface area (Å²) in [6.07, 6.45) is 2.28. The quantitative estimate of drug-likeness (QED) is 0.562. The lowest BCUT2D eigenvalue weighted by molar-refractivity contribution is 0.275. The molecule has 0 atom stereocenters. The topological polar surface area (TPSA) is 77.8 Å². The van der Waals surface area contributed by atoms with Gasteiger partial charge in [-0.2, -0.15) is 0 Å². The van der Waals surface area contributed by atoms with Crippen LogP contribution >= 0.6 is 7.82 Å². The second kappa shape index (κ2) is 9.46. The van der Waals surface area contributed by atoms with Crippen LogP contribution in [0.1, 0.15) is 18.9 Å². The molecule has 0 spiro atoms. The molecule has 0 heterocycles. The maximum atomic E-state index is 8.88. The van der Waals surface area contributed by atoms with Crippen LogP contribution < -0.4 is 0 Å². The van der Waals surface area contributed by atoms with Gasteiger partial charge in [-0.1, -0.05) is 92.2 Å². The average molecular weight is 370 g/mol. The highest BCUT2D eigenvalue weighted by Gasteiger charge is 2.11. The van der Waals surface area contributed by atoms with E-state index in [0.29, 0.717) is 0 Å². The van der Waals surface area contributed by atoms with Gasteiger partial charge in [-0.15, -0.1) is 0 Å². The van der Waals surface area contributed by atoms with Crippen LogP contribution in [-0.2, 0) is 11.0 Å². The van der Waals surface area contributed by atoms with E-state index in [4.69, 9.17) is 19.2 Å². The van der Waals surface area contributed by atoms with E-state index in [1.807, 2.05) is 0 Å². The highest BCUT2D eigenvalue weighted by atomic mass is 31.2. The van der Waals surface area contributed by atoms with Crippen LogP contribution in [0, 0.1) is 0 Å². The molecule has 0 amide bonds. The van der Waals surface area contributed by atoms with E-state index in [1.165, 1.54) is 27.8 Å². The summed E-state index contributed by atoms with van der Waals surface area (Å²) < 4.78 is 8.88. The van der Waals surface area contributed by atoms with Crippen molar-refractivity contribution in [2.75, 3.05) is 0 Å². The Balaban J connectivity index is 0.000000431. The Kier molecular flexibility index (Phi) is 7.31. The molecule has 0 saturated carbocycles. The zero-order valence-electron chi connectivity index (χ0n) is 14.6. The monoisotopic (exact) mass is 370 g/mol. The van der Waals surface area contributed by atoms with Gasteiger partial charge in [0.2, 0.25) is 0 Å². The van der Waals surface area contributed by atoms with Gasteiger partial charge in [-0.05, 0) is 34.2 Å². The summed E-state index contributed by atoms with van der Waals surface area (Å²) in [5.41, 5.74) is 6.73. The molecule has 3 rings (SSSR count). The molecule has 4 nitrogen and oxygen atoms in total. The van der Waals surface area contributed by atoms with Crippen LogP contribution in [0.2, 0.25) is 0 Å². The van der Waals surface area contributed by atoms with Crippen molar-refractivity contribution in [1.82, 2.24) is 0 Å². The minimum atomic E-state index is -4.64. The summed E-state index contributed by atoms with van der Waals surface area (Å²) in [5, 5.41) is 0. The Labute approximate surface area is 154 Å². The molecule has 3 aromatic carbocycles. The van der Waals surface area contributed by atoms with E-state index >= 15 is 0 Å². The van der Waals surface area contributed by atoms with E-state index < -0.39 is 7.82 Å². The summed E-state index contributed by atoms with van der Waals surface area (Å²) in [4.78, 5) is 21.6. The first-order valence-corrected chi connectivity index (χ1v) is 9.97. The van der Waals surface area contributed by atoms with Crippen molar-refractivity contribution in [1.29, 1.82) is 0 Å². The van der Waals surface area contributed by atoms with Crippen molar-refractivity contribution in [2.24, 2.45) is 0 Å². The first-order valence-electron chi connectivity index (χ1n) is 8.41. The summed E-state index contributed by atoms with van der Waals surface area (Å²) in [5.74, 6) is 0. The average Bonchev–Trinajstić information content (AvgIpc) is 2.62. The summed E-state index contributed by atoms with van der Waals surface area (Å²) in [6.45, 7) is 2.24. The SMILES string of the molecule is CCCc1cccc(-c2ccccc2)c1-c1ccccc1.O=P(O)(O)O. The zero-order chi connectivity index (χ0) is 19.0. The summed E-state index contributed by atoms with van der Waals surface area (Å²) in [7, 11) is -4.64. The van der Waals surface area contributed by atoms with Gasteiger partial charge < -0.3 is 14.7 Å². The van der Waals surface area contributed by atoms with E-state index in [2.05, 4.69) is 85.8 Å². The molecular weight excluding hydrogens is 347 g/mol. The van der Waals surface area contributed by atoms with Gasteiger partial charge in [-0.3, -0.25) is 0 Å². The molecule has 0 fully saturated rings.